The number of hydrogen-bond acceptors (Lipinski definition) is 2. The molecule has 0 unspecified atom stereocenters. The number of hydrogen-bond donors (Lipinski definition) is 0. The van der Waals surface area contributed by atoms with Gasteiger partial charge in [0.05, 0.1) is 5.56 Å². The van der Waals surface area contributed by atoms with Crippen LogP contribution in [0.3, 0.4) is 0 Å². The topological polar surface area (TPSA) is 16.1 Å². The number of alkyl halides is 4. The second kappa shape index (κ2) is 6.23. The number of nitrogens with zero attached hydrogens (tertiary/aromatic N) is 2. The average Bonchev–Trinajstić information content (AvgIpc) is 2.28. The van der Waals surface area contributed by atoms with Crippen molar-refractivity contribution in [3.05, 3.63) is 23.9 Å². The smallest absolute Gasteiger partial charge is 0.355 e. The predicted octanol–water partition coefficient (Wildman–Crippen LogP) is 3.71. The Kier molecular flexibility index (Phi) is 5.24. The van der Waals surface area contributed by atoms with Crippen LogP contribution in [0, 0.1) is 0 Å². The Bertz CT molecular complexity index is 349. The normalized spacial score (nSPS) is 11.6. The van der Waals surface area contributed by atoms with Crippen LogP contribution in [-0.2, 0) is 6.18 Å². The van der Waals surface area contributed by atoms with E-state index in [0.717, 1.165) is 12.5 Å². The van der Waals surface area contributed by atoms with Crippen molar-refractivity contribution in [2.75, 3.05) is 23.3 Å². The summed E-state index contributed by atoms with van der Waals surface area (Å²) in [7, 11) is 0. The van der Waals surface area contributed by atoms with Gasteiger partial charge in [0.2, 0.25) is 0 Å². The molecule has 1 aromatic rings. The van der Waals surface area contributed by atoms with E-state index in [1.807, 2.05) is 6.92 Å². The van der Waals surface area contributed by atoms with Gasteiger partial charge < -0.3 is 4.90 Å². The predicted molar refractivity (Wildman–Crippen MR) is 65.5 cm³/mol. The molecule has 0 N–H and O–H groups in total. The highest BCUT2D eigenvalue weighted by Crippen LogP contribution is 2.35. The second-order valence-electron chi connectivity index (χ2n) is 3.55. The van der Waals surface area contributed by atoms with Crippen molar-refractivity contribution in [3.8, 4) is 0 Å². The fourth-order valence-electron chi connectivity index (χ4n) is 1.57. The van der Waals surface area contributed by atoms with E-state index < -0.39 is 11.7 Å². The van der Waals surface area contributed by atoms with Crippen molar-refractivity contribution in [2.24, 2.45) is 0 Å². The highest BCUT2D eigenvalue weighted by molar-refractivity contribution is 9.09. The van der Waals surface area contributed by atoms with Gasteiger partial charge in [-0.15, -0.1) is 0 Å². The van der Waals surface area contributed by atoms with Crippen molar-refractivity contribution in [1.29, 1.82) is 0 Å². The first-order chi connectivity index (χ1) is 8.00. The zero-order valence-corrected chi connectivity index (χ0v) is 11.1. The van der Waals surface area contributed by atoms with Crippen molar-refractivity contribution < 1.29 is 13.2 Å². The number of rotatable bonds is 5. The Labute approximate surface area is 107 Å². The second-order valence-corrected chi connectivity index (χ2v) is 4.34. The highest BCUT2D eigenvalue weighted by atomic mass is 79.9. The SMILES string of the molecule is CCCN(CCBr)c1ncccc1C(F)(F)F. The molecule has 0 amide bonds. The molecule has 1 rings (SSSR count). The first-order valence-electron chi connectivity index (χ1n) is 5.33. The van der Waals surface area contributed by atoms with Crippen LogP contribution < -0.4 is 4.90 Å². The quantitative estimate of drug-likeness (QED) is 0.771. The van der Waals surface area contributed by atoms with Crippen LogP contribution >= 0.6 is 15.9 Å². The first-order valence-corrected chi connectivity index (χ1v) is 6.46. The lowest BCUT2D eigenvalue weighted by molar-refractivity contribution is -0.137. The summed E-state index contributed by atoms with van der Waals surface area (Å²) in [6.07, 6.45) is -2.19. The number of aromatic nitrogens is 1. The van der Waals surface area contributed by atoms with Crippen molar-refractivity contribution >= 4 is 21.7 Å². The third-order valence-corrected chi connectivity index (χ3v) is 2.59. The summed E-state index contributed by atoms with van der Waals surface area (Å²) in [6.45, 7) is 3.00. The molecule has 0 saturated carbocycles. The van der Waals surface area contributed by atoms with Crippen LogP contribution in [-0.4, -0.2) is 23.4 Å². The highest BCUT2D eigenvalue weighted by Gasteiger charge is 2.35. The van der Waals surface area contributed by atoms with Crippen molar-refractivity contribution in [2.45, 2.75) is 19.5 Å². The standard InChI is InChI=1S/C11H14BrF3N2/c1-2-7-17(8-5-12)10-9(11(13,14)15)4-3-6-16-10/h3-4,6H,2,5,7-8H2,1H3. The maximum atomic E-state index is 12.8. The van der Waals surface area contributed by atoms with Crippen molar-refractivity contribution in [3.63, 3.8) is 0 Å². The summed E-state index contributed by atoms with van der Waals surface area (Å²) in [4.78, 5) is 5.52. The first kappa shape index (κ1) is 14.3. The molecule has 0 bridgehead atoms. The summed E-state index contributed by atoms with van der Waals surface area (Å²) in [5, 5.41) is 0.612. The van der Waals surface area contributed by atoms with E-state index >= 15 is 0 Å². The van der Waals surface area contributed by atoms with Gasteiger partial charge in [-0.05, 0) is 18.6 Å². The summed E-state index contributed by atoms with van der Waals surface area (Å²) in [5.41, 5.74) is -0.672. The van der Waals surface area contributed by atoms with E-state index in [-0.39, 0.29) is 5.82 Å². The van der Waals surface area contributed by atoms with Crippen LogP contribution in [0.1, 0.15) is 18.9 Å². The molecule has 0 saturated heterocycles. The molecule has 0 aliphatic rings. The molecule has 1 aromatic heterocycles. The van der Waals surface area contributed by atoms with Gasteiger partial charge in [-0.25, -0.2) is 4.98 Å². The van der Waals surface area contributed by atoms with E-state index in [4.69, 9.17) is 0 Å². The number of pyridine rings is 1. The van der Waals surface area contributed by atoms with Crippen molar-refractivity contribution in [1.82, 2.24) is 4.98 Å². The molecule has 0 fully saturated rings. The van der Waals surface area contributed by atoms with Gasteiger partial charge in [0.25, 0.3) is 0 Å². The summed E-state index contributed by atoms with van der Waals surface area (Å²) in [5.74, 6) is 0.0151. The van der Waals surface area contributed by atoms with Gasteiger partial charge >= 0.3 is 6.18 Å². The van der Waals surface area contributed by atoms with Crippen LogP contribution in [0.15, 0.2) is 18.3 Å². The zero-order chi connectivity index (χ0) is 12.9. The van der Waals surface area contributed by atoms with Gasteiger partial charge in [-0.2, -0.15) is 13.2 Å². The number of anilines is 1. The monoisotopic (exact) mass is 310 g/mol. The zero-order valence-electron chi connectivity index (χ0n) is 9.47. The molecule has 0 aromatic carbocycles. The van der Waals surface area contributed by atoms with Gasteiger partial charge in [0.1, 0.15) is 5.82 Å². The molecule has 0 aliphatic carbocycles. The van der Waals surface area contributed by atoms with Crippen LogP contribution in [0.25, 0.3) is 0 Å². The molecule has 0 spiro atoms. The van der Waals surface area contributed by atoms with Gasteiger partial charge in [0, 0.05) is 24.6 Å². The van der Waals surface area contributed by atoms with Crippen LogP contribution in [0.2, 0.25) is 0 Å². The molecule has 0 radical (unpaired) electrons. The molecule has 0 aliphatic heterocycles. The van der Waals surface area contributed by atoms with Crippen LogP contribution in [0.5, 0.6) is 0 Å². The van der Waals surface area contributed by atoms with Crippen LogP contribution in [0.4, 0.5) is 19.0 Å². The molecular weight excluding hydrogens is 297 g/mol. The Morgan fingerprint density at radius 2 is 2.06 bits per heavy atom. The molecule has 2 nitrogen and oxygen atoms in total. The van der Waals surface area contributed by atoms with Gasteiger partial charge in [-0.3, -0.25) is 0 Å². The minimum atomic E-state index is -4.36. The summed E-state index contributed by atoms with van der Waals surface area (Å²) >= 11 is 3.24. The Morgan fingerprint density at radius 3 is 2.59 bits per heavy atom. The fourth-order valence-corrected chi connectivity index (χ4v) is 1.99. The Balaban J connectivity index is 3.09. The molecule has 17 heavy (non-hydrogen) atoms. The van der Waals surface area contributed by atoms with E-state index in [2.05, 4.69) is 20.9 Å². The van der Waals surface area contributed by atoms with E-state index in [0.29, 0.717) is 18.4 Å². The minimum absolute atomic E-state index is 0.0151. The lowest BCUT2D eigenvalue weighted by Gasteiger charge is -2.25. The summed E-state index contributed by atoms with van der Waals surface area (Å²) < 4.78 is 38.4. The third-order valence-electron chi connectivity index (χ3n) is 2.24. The third kappa shape index (κ3) is 3.87. The largest absolute Gasteiger partial charge is 0.419 e. The molecule has 1 heterocycles. The van der Waals surface area contributed by atoms with Gasteiger partial charge in [0.15, 0.2) is 0 Å². The molecule has 6 heteroatoms. The van der Waals surface area contributed by atoms with Gasteiger partial charge in [-0.1, -0.05) is 22.9 Å². The lowest BCUT2D eigenvalue weighted by Crippen LogP contribution is -2.29. The minimum Gasteiger partial charge on any atom is -0.355 e. The molecule has 0 atom stereocenters. The summed E-state index contributed by atoms with van der Waals surface area (Å²) in [6, 6.07) is 2.38. The maximum Gasteiger partial charge on any atom is 0.419 e. The van der Waals surface area contributed by atoms with E-state index in [9.17, 15) is 13.2 Å². The Morgan fingerprint density at radius 1 is 1.35 bits per heavy atom. The lowest BCUT2D eigenvalue weighted by atomic mass is 10.2. The average molecular weight is 311 g/mol. The Hall–Kier alpha value is -0.780. The number of halogens is 4. The molecular formula is C11H14BrF3N2. The maximum absolute atomic E-state index is 12.8. The van der Waals surface area contributed by atoms with E-state index in [1.54, 1.807) is 4.90 Å². The fraction of sp³-hybridized carbons (Fsp3) is 0.545. The molecule has 96 valence electrons. The van der Waals surface area contributed by atoms with E-state index in [1.165, 1.54) is 12.3 Å².